The number of ether oxygens (including phenoxy) is 1. The van der Waals surface area contributed by atoms with Gasteiger partial charge < -0.3 is 15.4 Å². The molecule has 1 aromatic carbocycles. The van der Waals surface area contributed by atoms with Crippen molar-refractivity contribution in [1.82, 2.24) is 5.32 Å². The van der Waals surface area contributed by atoms with E-state index >= 15 is 0 Å². The lowest BCUT2D eigenvalue weighted by atomic mass is 10.0. The average molecular weight is 248 g/mol. The Labute approximate surface area is 108 Å². The third-order valence-corrected chi connectivity index (χ3v) is 3.06. The van der Waals surface area contributed by atoms with E-state index in [4.69, 9.17) is 4.74 Å². The molecule has 0 aliphatic carbocycles. The summed E-state index contributed by atoms with van der Waals surface area (Å²) in [5.74, 6) is 0.417. The van der Waals surface area contributed by atoms with Gasteiger partial charge in [0.2, 0.25) is 0 Å². The molecular formula is C14H20N2O2. The van der Waals surface area contributed by atoms with Gasteiger partial charge in [0.15, 0.2) is 0 Å². The average Bonchev–Trinajstić information content (AvgIpc) is 2.40. The molecule has 1 aromatic rings. The molecule has 1 aliphatic heterocycles. The van der Waals surface area contributed by atoms with Crippen molar-refractivity contribution in [3.8, 4) is 0 Å². The normalized spacial score (nSPS) is 19.8. The van der Waals surface area contributed by atoms with Gasteiger partial charge in [-0.2, -0.15) is 0 Å². The second kappa shape index (κ2) is 5.98. The highest BCUT2D eigenvalue weighted by Gasteiger charge is 2.21. The molecule has 4 heteroatoms. The van der Waals surface area contributed by atoms with Gasteiger partial charge in [0, 0.05) is 18.8 Å². The SMILES string of the molecule is CC(C)c1ccc(NC(=O)C2CNCCO2)cc1. The number of anilines is 1. The Morgan fingerprint density at radius 2 is 2.11 bits per heavy atom. The molecule has 1 saturated heterocycles. The summed E-state index contributed by atoms with van der Waals surface area (Å²) >= 11 is 0. The Bertz CT molecular complexity index is 395. The smallest absolute Gasteiger partial charge is 0.254 e. The lowest BCUT2D eigenvalue weighted by molar-refractivity contribution is -0.128. The molecule has 1 heterocycles. The van der Waals surface area contributed by atoms with Gasteiger partial charge in [0.25, 0.3) is 5.91 Å². The van der Waals surface area contributed by atoms with Crippen LogP contribution in [0.25, 0.3) is 0 Å². The second-order valence-corrected chi connectivity index (χ2v) is 4.83. The van der Waals surface area contributed by atoms with Crippen molar-refractivity contribution in [3.05, 3.63) is 29.8 Å². The van der Waals surface area contributed by atoms with Gasteiger partial charge in [-0.3, -0.25) is 4.79 Å². The topological polar surface area (TPSA) is 50.4 Å². The molecule has 0 spiro atoms. The molecule has 2 N–H and O–H groups in total. The van der Waals surface area contributed by atoms with Crippen molar-refractivity contribution in [2.24, 2.45) is 0 Å². The van der Waals surface area contributed by atoms with E-state index in [0.717, 1.165) is 12.2 Å². The number of benzene rings is 1. The van der Waals surface area contributed by atoms with Crippen LogP contribution in [-0.2, 0) is 9.53 Å². The van der Waals surface area contributed by atoms with E-state index in [0.29, 0.717) is 19.1 Å². The second-order valence-electron chi connectivity index (χ2n) is 4.83. The fourth-order valence-electron chi connectivity index (χ4n) is 1.91. The summed E-state index contributed by atoms with van der Waals surface area (Å²) in [4.78, 5) is 11.9. The highest BCUT2D eigenvalue weighted by atomic mass is 16.5. The van der Waals surface area contributed by atoms with Gasteiger partial charge in [-0.1, -0.05) is 26.0 Å². The van der Waals surface area contributed by atoms with Crippen molar-refractivity contribution in [3.63, 3.8) is 0 Å². The van der Waals surface area contributed by atoms with Crippen LogP contribution in [-0.4, -0.2) is 31.7 Å². The molecule has 1 amide bonds. The molecule has 18 heavy (non-hydrogen) atoms. The van der Waals surface area contributed by atoms with Crippen molar-refractivity contribution in [2.45, 2.75) is 25.9 Å². The summed E-state index contributed by atoms with van der Waals surface area (Å²) in [5, 5.41) is 6.01. The van der Waals surface area contributed by atoms with Crippen LogP contribution < -0.4 is 10.6 Å². The molecular weight excluding hydrogens is 228 g/mol. The van der Waals surface area contributed by atoms with Gasteiger partial charge in [-0.05, 0) is 23.6 Å². The first-order chi connectivity index (χ1) is 8.66. The molecule has 0 bridgehead atoms. The number of hydrogen-bond donors (Lipinski definition) is 2. The van der Waals surface area contributed by atoms with Gasteiger partial charge >= 0.3 is 0 Å². The van der Waals surface area contributed by atoms with E-state index in [1.54, 1.807) is 0 Å². The zero-order valence-corrected chi connectivity index (χ0v) is 10.9. The Morgan fingerprint density at radius 3 is 2.67 bits per heavy atom. The fraction of sp³-hybridized carbons (Fsp3) is 0.500. The zero-order chi connectivity index (χ0) is 13.0. The minimum Gasteiger partial charge on any atom is -0.366 e. The predicted octanol–water partition coefficient (Wildman–Crippen LogP) is 1.74. The zero-order valence-electron chi connectivity index (χ0n) is 10.9. The molecule has 0 aromatic heterocycles. The number of morpholine rings is 1. The summed E-state index contributed by atoms with van der Waals surface area (Å²) in [5.41, 5.74) is 2.09. The van der Waals surface area contributed by atoms with Crippen molar-refractivity contribution in [1.29, 1.82) is 0 Å². The minimum atomic E-state index is -0.386. The summed E-state index contributed by atoms with van der Waals surface area (Å²) in [6, 6.07) is 7.95. The van der Waals surface area contributed by atoms with Crippen molar-refractivity contribution in [2.75, 3.05) is 25.0 Å². The summed E-state index contributed by atoms with van der Waals surface area (Å²) in [7, 11) is 0. The number of carbonyl (C=O) groups excluding carboxylic acids is 1. The fourth-order valence-corrected chi connectivity index (χ4v) is 1.91. The lowest BCUT2D eigenvalue weighted by Gasteiger charge is -2.22. The van der Waals surface area contributed by atoms with E-state index < -0.39 is 0 Å². The summed E-state index contributed by atoms with van der Waals surface area (Å²) in [6.07, 6.45) is -0.386. The molecule has 1 fully saturated rings. The molecule has 4 nitrogen and oxygen atoms in total. The van der Waals surface area contributed by atoms with E-state index in [1.165, 1.54) is 5.56 Å². The highest BCUT2D eigenvalue weighted by molar-refractivity contribution is 5.94. The number of hydrogen-bond acceptors (Lipinski definition) is 3. The van der Waals surface area contributed by atoms with Crippen molar-refractivity contribution < 1.29 is 9.53 Å². The first kappa shape index (κ1) is 13.1. The van der Waals surface area contributed by atoms with Crippen LogP contribution in [0.4, 0.5) is 5.69 Å². The van der Waals surface area contributed by atoms with Crippen LogP contribution in [0, 0.1) is 0 Å². The van der Waals surface area contributed by atoms with E-state index in [9.17, 15) is 4.79 Å². The van der Waals surface area contributed by atoms with Gasteiger partial charge in [0.1, 0.15) is 6.10 Å². The quantitative estimate of drug-likeness (QED) is 0.856. The van der Waals surface area contributed by atoms with Crippen LogP contribution in [0.5, 0.6) is 0 Å². The number of nitrogens with one attached hydrogen (secondary N) is 2. The predicted molar refractivity (Wildman–Crippen MR) is 71.8 cm³/mol. The molecule has 1 aliphatic rings. The van der Waals surface area contributed by atoms with Crippen LogP contribution in [0.3, 0.4) is 0 Å². The lowest BCUT2D eigenvalue weighted by Crippen LogP contribution is -2.45. The van der Waals surface area contributed by atoms with Crippen LogP contribution in [0.15, 0.2) is 24.3 Å². The molecule has 1 unspecified atom stereocenters. The molecule has 2 rings (SSSR count). The Balaban J connectivity index is 1.94. The number of carbonyl (C=O) groups is 1. The molecule has 0 saturated carbocycles. The van der Waals surface area contributed by atoms with Crippen LogP contribution in [0.2, 0.25) is 0 Å². The first-order valence-electron chi connectivity index (χ1n) is 6.40. The highest BCUT2D eigenvalue weighted by Crippen LogP contribution is 2.17. The standard InChI is InChI=1S/C14H20N2O2/c1-10(2)11-3-5-12(6-4-11)16-14(17)13-9-15-7-8-18-13/h3-6,10,13,15H,7-9H2,1-2H3,(H,16,17). The Kier molecular flexibility index (Phi) is 4.33. The maximum absolute atomic E-state index is 11.9. The maximum atomic E-state index is 11.9. The third-order valence-electron chi connectivity index (χ3n) is 3.06. The number of rotatable bonds is 3. The maximum Gasteiger partial charge on any atom is 0.254 e. The number of amides is 1. The van der Waals surface area contributed by atoms with E-state index in [-0.39, 0.29) is 12.0 Å². The molecule has 0 radical (unpaired) electrons. The monoisotopic (exact) mass is 248 g/mol. The van der Waals surface area contributed by atoms with Crippen LogP contribution in [0.1, 0.15) is 25.3 Å². The summed E-state index contributed by atoms with van der Waals surface area (Å²) in [6.45, 7) is 6.28. The third kappa shape index (κ3) is 3.31. The van der Waals surface area contributed by atoms with Gasteiger partial charge in [-0.25, -0.2) is 0 Å². The van der Waals surface area contributed by atoms with Crippen LogP contribution >= 0.6 is 0 Å². The molecule has 1 atom stereocenters. The van der Waals surface area contributed by atoms with E-state index in [1.807, 2.05) is 24.3 Å². The summed E-state index contributed by atoms with van der Waals surface area (Å²) < 4.78 is 5.40. The first-order valence-corrected chi connectivity index (χ1v) is 6.40. The molecule has 98 valence electrons. The van der Waals surface area contributed by atoms with Gasteiger partial charge in [0.05, 0.1) is 6.61 Å². The van der Waals surface area contributed by atoms with Gasteiger partial charge in [-0.15, -0.1) is 0 Å². The minimum absolute atomic E-state index is 0.0838. The largest absolute Gasteiger partial charge is 0.366 e. The Hall–Kier alpha value is -1.39. The Morgan fingerprint density at radius 1 is 1.39 bits per heavy atom. The van der Waals surface area contributed by atoms with Crippen molar-refractivity contribution >= 4 is 11.6 Å². The van der Waals surface area contributed by atoms with E-state index in [2.05, 4.69) is 24.5 Å².